The Morgan fingerprint density at radius 2 is 1.48 bits per heavy atom. The number of nitrogens with one attached hydrogen (secondary N) is 2. The number of carboxylic acids is 1. The Morgan fingerprint density at radius 3 is 1.91 bits per heavy atom. The van der Waals surface area contributed by atoms with Crippen LogP contribution in [0.25, 0.3) is 0 Å². The van der Waals surface area contributed by atoms with E-state index in [0.29, 0.717) is 11.4 Å². The van der Waals surface area contributed by atoms with Crippen LogP contribution in [0.15, 0.2) is 24.3 Å². The molecule has 6 heteroatoms. The summed E-state index contributed by atoms with van der Waals surface area (Å²) in [4.78, 5) is 34.3. The van der Waals surface area contributed by atoms with E-state index in [1.165, 1.54) is 0 Å². The fourth-order valence-corrected chi connectivity index (χ4v) is 2.04. The predicted octanol–water partition coefficient (Wildman–Crippen LogP) is 3.11. The molecular weight excluding hydrogens is 296 g/mol. The van der Waals surface area contributed by atoms with E-state index in [-0.39, 0.29) is 30.6 Å². The molecule has 3 N–H and O–H groups in total. The van der Waals surface area contributed by atoms with E-state index < -0.39 is 11.4 Å². The zero-order valence-electron chi connectivity index (χ0n) is 14.0. The van der Waals surface area contributed by atoms with Crippen molar-refractivity contribution < 1.29 is 19.5 Å². The summed E-state index contributed by atoms with van der Waals surface area (Å²) in [7, 11) is 0. The van der Waals surface area contributed by atoms with E-state index in [1.54, 1.807) is 38.1 Å². The number of carboxylic acid groups (broad SMARTS) is 1. The molecule has 1 aromatic carbocycles. The molecule has 1 rings (SSSR count). The molecule has 0 saturated heterocycles. The minimum atomic E-state index is -0.923. The Balaban J connectivity index is 2.59. The summed E-state index contributed by atoms with van der Waals surface area (Å²) < 4.78 is 0. The Kier molecular flexibility index (Phi) is 6.30. The molecule has 0 aliphatic carbocycles. The van der Waals surface area contributed by atoms with Gasteiger partial charge in [-0.05, 0) is 29.7 Å². The van der Waals surface area contributed by atoms with Gasteiger partial charge in [-0.25, -0.2) is 0 Å². The highest BCUT2D eigenvalue weighted by molar-refractivity contribution is 5.93. The van der Waals surface area contributed by atoms with Crippen LogP contribution in [0.4, 0.5) is 11.4 Å². The van der Waals surface area contributed by atoms with Gasteiger partial charge in [-0.1, -0.05) is 27.7 Å². The van der Waals surface area contributed by atoms with Crippen molar-refractivity contribution in [1.82, 2.24) is 0 Å². The molecular formula is C17H24N2O4. The van der Waals surface area contributed by atoms with Crippen LogP contribution in [0.1, 0.15) is 40.5 Å². The second kappa shape index (κ2) is 7.76. The molecule has 23 heavy (non-hydrogen) atoms. The van der Waals surface area contributed by atoms with Gasteiger partial charge in [-0.2, -0.15) is 0 Å². The third-order valence-electron chi connectivity index (χ3n) is 3.23. The van der Waals surface area contributed by atoms with Crippen molar-refractivity contribution in [2.45, 2.75) is 40.5 Å². The fourth-order valence-electron chi connectivity index (χ4n) is 2.04. The number of anilines is 2. The van der Waals surface area contributed by atoms with Gasteiger partial charge in [-0.3, -0.25) is 14.4 Å². The second-order valence-corrected chi connectivity index (χ2v) is 6.68. The van der Waals surface area contributed by atoms with E-state index in [9.17, 15) is 14.4 Å². The number of rotatable bonds is 7. The normalized spacial score (nSPS) is 11.2. The Morgan fingerprint density at radius 1 is 1.00 bits per heavy atom. The van der Waals surface area contributed by atoms with Gasteiger partial charge < -0.3 is 15.7 Å². The molecule has 0 heterocycles. The molecule has 0 bridgehead atoms. The highest BCUT2D eigenvalue weighted by Crippen LogP contribution is 2.25. The molecule has 0 unspecified atom stereocenters. The lowest BCUT2D eigenvalue weighted by atomic mass is 9.85. The van der Waals surface area contributed by atoms with Crippen molar-refractivity contribution in [3.05, 3.63) is 24.3 Å². The standard InChI is InChI=1S/C17H24N2O4/c1-11(2)16(23)19-13-7-5-12(6-8-13)18-14(20)9-17(3,4)10-15(21)22/h5-8,11H,9-10H2,1-4H3,(H,18,20)(H,19,23)(H,21,22). The van der Waals surface area contributed by atoms with Crippen LogP contribution in [-0.2, 0) is 14.4 Å². The highest BCUT2D eigenvalue weighted by atomic mass is 16.4. The number of hydrogen-bond donors (Lipinski definition) is 3. The molecule has 0 fully saturated rings. The van der Waals surface area contributed by atoms with Gasteiger partial charge >= 0.3 is 5.97 Å². The first-order chi connectivity index (χ1) is 10.6. The van der Waals surface area contributed by atoms with Crippen molar-refractivity contribution in [2.75, 3.05) is 10.6 Å². The van der Waals surface area contributed by atoms with Crippen LogP contribution in [0.2, 0.25) is 0 Å². The van der Waals surface area contributed by atoms with Gasteiger partial charge in [0.05, 0.1) is 6.42 Å². The molecule has 0 aliphatic rings. The maximum atomic E-state index is 12.0. The quantitative estimate of drug-likeness (QED) is 0.719. The zero-order chi connectivity index (χ0) is 17.6. The van der Waals surface area contributed by atoms with Gasteiger partial charge in [0.15, 0.2) is 0 Å². The van der Waals surface area contributed by atoms with Crippen molar-refractivity contribution in [3.8, 4) is 0 Å². The van der Waals surface area contributed by atoms with Gasteiger partial charge in [0, 0.05) is 23.7 Å². The number of carbonyl (C=O) groups excluding carboxylic acids is 2. The number of carbonyl (C=O) groups is 3. The lowest BCUT2D eigenvalue weighted by Crippen LogP contribution is -2.24. The summed E-state index contributed by atoms with van der Waals surface area (Å²) in [5.41, 5.74) is 0.651. The lowest BCUT2D eigenvalue weighted by Gasteiger charge is -2.21. The van der Waals surface area contributed by atoms with Gasteiger partial charge in [0.1, 0.15) is 0 Å². The number of benzene rings is 1. The number of amides is 2. The smallest absolute Gasteiger partial charge is 0.303 e. The highest BCUT2D eigenvalue weighted by Gasteiger charge is 2.25. The molecule has 0 spiro atoms. The number of aliphatic carboxylic acids is 1. The zero-order valence-corrected chi connectivity index (χ0v) is 14.0. The van der Waals surface area contributed by atoms with Crippen LogP contribution >= 0.6 is 0 Å². The van der Waals surface area contributed by atoms with Gasteiger partial charge in [0.2, 0.25) is 11.8 Å². The molecule has 0 saturated carbocycles. The van der Waals surface area contributed by atoms with Crippen LogP contribution in [0.5, 0.6) is 0 Å². The van der Waals surface area contributed by atoms with Crippen molar-refractivity contribution in [3.63, 3.8) is 0 Å². The van der Waals surface area contributed by atoms with Gasteiger partial charge in [-0.15, -0.1) is 0 Å². The monoisotopic (exact) mass is 320 g/mol. The summed E-state index contributed by atoms with van der Waals surface area (Å²) >= 11 is 0. The maximum absolute atomic E-state index is 12.0. The van der Waals surface area contributed by atoms with E-state index in [4.69, 9.17) is 5.11 Å². The van der Waals surface area contributed by atoms with Crippen LogP contribution in [-0.4, -0.2) is 22.9 Å². The maximum Gasteiger partial charge on any atom is 0.303 e. The minimum Gasteiger partial charge on any atom is -0.481 e. The molecule has 1 aromatic rings. The molecule has 0 aromatic heterocycles. The topological polar surface area (TPSA) is 95.5 Å². The molecule has 0 aliphatic heterocycles. The summed E-state index contributed by atoms with van der Waals surface area (Å²) in [5.74, 6) is -1.34. The van der Waals surface area contributed by atoms with Crippen molar-refractivity contribution in [2.24, 2.45) is 11.3 Å². The van der Waals surface area contributed by atoms with Crippen LogP contribution in [0.3, 0.4) is 0 Å². The van der Waals surface area contributed by atoms with E-state index in [0.717, 1.165) is 0 Å². The summed E-state index contributed by atoms with van der Waals surface area (Å²) in [5, 5.41) is 14.3. The van der Waals surface area contributed by atoms with E-state index in [1.807, 2.05) is 13.8 Å². The van der Waals surface area contributed by atoms with Crippen molar-refractivity contribution in [1.29, 1.82) is 0 Å². The average Bonchev–Trinajstić information content (AvgIpc) is 2.38. The Labute approximate surface area is 136 Å². The summed E-state index contributed by atoms with van der Waals surface area (Å²) in [6, 6.07) is 6.80. The summed E-state index contributed by atoms with van der Waals surface area (Å²) in [6.07, 6.45) is 0.0473. The van der Waals surface area contributed by atoms with Gasteiger partial charge in [0.25, 0.3) is 0 Å². The third-order valence-corrected chi connectivity index (χ3v) is 3.23. The second-order valence-electron chi connectivity index (χ2n) is 6.68. The average molecular weight is 320 g/mol. The Hall–Kier alpha value is -2.37. The summed E-state index contributed by atoms with van der Waals surface area (Å²) in [6.45, 7) is 7.10. The first-order valence-electron chi connectivity index (χ1n) is 7.51. The minimum absolute atomic E-state index is 0.0689. The molecule has 0 atom stereocenters. The van der Waals surface area contributed by atoms with Crippen LogP contribution < -0.4 is 10.6 Å². The molecule has 6 nitrogen and oxygen atoms in total. The molecule has 0 radical (unpaired) electrons. The first-order valence-corrected chi connectivity index (χ1v) is 7.51. The van der Waals surface area contributed by atoms with E-state index in [2.05, 4.69) is 10.6 Å². The van der Waals surface area contributed by atoms with E-state index >= 15 is 0 Å². The Bertz CT molecular complexity index is 577. The first kappa shape index (κ1) is 18.7. The number of hydrogen-bond acceptors (Lipinski definition) is 3. The predicted molar refractivity (Wildman–Crippen MR) is 89.2 cm³/mol. The van der Waals surface area contributed by atoms with Crippen molar-refractivity contribution >= 4 is 29.2 Å². The SMILES string of the molecule is CC(C)C(=O)Nc1ccc(NC(=O)CC(C)(C)CC(=O)O)cc1. The lowest BCUT2D eigenvalue weighted by molar-refractivity contribution is -0.139. The fraction of sp³-hybridized carbons (Fsp3) is 0.471. The molecule has 126 valence electrons. The largest absolute Gasteiger partial charge is 0.481 e. The third kappa shape index (κ3) is 6.95. The molecule has 2 amide bonds. The van der Waals surface area contributed by atoms with Crippen LogP contribution in [0, 0.1) is 11.3 Å².